The van der Waals surface area contributed by atoms with Gasteiger partial charge in [-0.3, -0.25) is 0 Å². The van der Waals surface area contributed by atoms with Crippen LogP contribution in [0.4, 0.5) is 0 Å². The minimum Gasteiger partial charge on any atom is -0.312 e. The Kier molecular flexibility index (Phi) is 33.5. The second-order valence-electron chi connectivity index (χ2n) is 4.34. The molecular weight excluding hydrogens is 146 g/mol. The van der Waals surface area contributed by atoms with Gasteiger partial charge >= 0.3 is 0 Å². The van der Waals surface area contributed by atoms with E-state index in [-0.39, 0.29) is 22.3 Å². The molecule has 12 heavy (non-hydrogen) atoms. The maximum atomic E-state index is 2.19. The zero-order valence-electron chi connectivity index (χ0n) is 7.95. The molecule has 0 aliphatic carbocycles. The molecule has 0 aliphatic rings. The van der Waals surface area contributed by atoms with Crippen LogP contribution in [0.1, 0.15) is 50.0 Å². The van der Waals surface area contributed by atoms with Gasteiger partial charge in [0.15, 0.2) is 0 Å². The van der Waals surface area contributed by atoms with Crippen LogP contribution in [0.2, 0.25) is 0 Å². The summed E-state index contributed by atoms with van der Waals surface area (Å²) in [5.74, 6) is 0. The summed E-state index contributed by atoms with van der Waals surface area (Å²) in [4.78, 5) is 2.00. The van der Waals surface area contributed by atoms with Crippen molar-refractivity contribution >= 4 is 0 Å². The highest BCUT2D eigenvalue weighted by molar-refractivity contribution is 4.47. The Morgan fingerprint density at radius 2 is 0.667 bits per heavy atom. The van der Waals surface area contributed by atoms with Gasteiger partial charge in [0.2, 0.25) is 0 Å². The Balaban J connectivity index is -0.0000000221. The largest absolute Gasteiger partial charge is 0.312 e. The third kappa shape index (κ3) is 500000. The quantitative estimate of drug-likeness (QED) is 0.540. The van der Waals surface area contributed by atoms with Crippen LogP contribution in [0.25, 0.3) is 0 Å². The van der Waals surface area contributed by atoms with Gasteiger partial charge in [-0.25, -0.2) is 0 Å². The first-order valence-electron chi connectivity index (χ1n) is 3.34. The number of rotatable bonds is 0. The first-order valence-corrected chi connectivity index (χ1v) is 3.34. The van der Waals surface area contributed by atoms with Gasteiger partial charge < -0.3 is 4.90 Å². The van der Waals surface area contributed by atoms with E-state index in [0.29, 0.717) is 5.41 Å². The van der Waals surface area contributed by atoms with Crippen LogP contribution in [0, 0.1) is 5.41 Å². The summed E-state index contributed by atoms with van der Waals surface area (Å²) in [6, 6.07) is 0. The highest BCUT2D eigenvalue weighted by atomic mass is 15.0. The van der Waals surface area contributed by atoms with E-state index < -0.39 is 0 Å². The predicted molar refractivity (Wildman–Crippen MR) is 64.9 cm³/mol. The lowest BCUT2D eigenvalue weighted by molar-refractivity contribution is 0.469. The van der Waals surface area contributed by atoms with E-state index >= 15 is 0 Å². The van der Waals surface area contributed by atoms with Crippen molar-refractivity contribution in [2.24, 2.45) is 5.41 Å². The first kappa shape index (κ1) is 29.7. The van der Waals surface area contributed by atoms with Crippen molar-refractivity contribution in [1.82, 2.24) is 4.90 Å². The van der Waals surface area contributed by atoms with Gasteiger partial charge in [0.25, 0.3) is 0 Å². The van der Waals surface area contributed by atoms with Gasteiger partial charge in [0, 0.05) is 0 Å². The molecule has 0 radical (unpaired) electrons. The Morgan fingerprint density at radius 1 is 0.667 bits per heavy atom. The highest BCUT2D eigenvalue weighted by Crippen LogP contribution is 2.07. The van der Waals surface area contributed by atoms with Crippen LogP contribution in [0.3, 0.4) is 0 Å². The van der Waals surface area contributed by atoms with Crippen LogP contribution in [-0.4, -0.2) is 26.0 Å². The maximum Gasteiger partial charge on any atom is -0.0140 e. The molecule has 0 heterocycles. The fraction of sp³-hybridized carbons (Fsp3) is 1.00. The highest BCUT2D eigenvalue weighted by Gasteiger charge is 1.95. The summed E-state index contributed by atoms with van der Waals surface area (Å²) in [5.41, 5.74) is 0.500. The second-order valence-corrected chi connectivity index (χ2v) is 4.34. The van der Waals surface area contributed by atoms with Gasteiger partial charge in [0.05, 0.1) is 0 Å². The van der Waals surface area contributed by atoms with Crippen molar-refractivity contribution in [2.75, 3.05) is 21.1 Å². The predicted octanol–water partition coefficient (Wildman–Crippen LogP) is 4.14. The molecule has 0 atom stereocenters. The van der Waals surface area contributed by atoms with Crippen molar-refractivity contribution < 1.29 is 0 Å². The zero-order valence-corrected chi connectivity index (χ0v) is 7.95. The standard InChI is InChI=1S/C5H12.C3H9N.3CH4/c1-5(2,3)4;1-4(2)3;;;/h1-4H3;1-3H3;3*1H4. The number of hydrogen-bond acceptors (Lipinski definition) is 1. The molecule has 0 aromatic rings. The van der Waals surface area contributed by atoms with E-state index in [1.165, 1.54) is 0 Å². The number of nitrogens with zero attached hydrogens (tertiary/aromatic N) is 1. The minimum absolute atomic E-state index is 0. The van der Waals surface area contributed by atoms with Crippen molar-refractivity contribution in [3.05, 3.63) is 0 Å². The zero-order chi connectivity index (χ0) is 8.08. The average Bonchev–Trinajstić information content (AvgIpc) is 1.19. The molecule has 0 amide bonds. The lowest BCUT2D eigenvalue weighted by Gasteiger charge is -2.05. The Labute approximate surface area is 82.2 Å². The molecule has 0 aromatic carbocycles. The molecule has 0 rings (SSSR count). The minimum atomic E-state index is 0. The topological polar surface area (TPSA) is 3.24 Å². The van der Waals surface area contributed by atoms with Crippen LogP contribution in [0.5, 0.6) is 0 Å². The van der Waals surface area contributed by atoms with E-state index in [2.05, 4.69) is 27.7 Å². The summed E-state index contributed by atoms with van der Waals surface area (Å²) in [6.07, 6.45) is 0. The first-order chi connectivity index (χ1) is 3.73. The third-order valence-electron chi connectivity index (χ3n) is 0. The Hall–Kier alpha value is -0.0400. The van der Waals surface area contributed by atoms with Crippen molar-refractivity contribution in [3.8, 4) is 0 Å². The van der Waals surface area contributed by atoms with Gasteiger partial charge in [-0.2, -0.15) is 0 Å². The van der Waals surface area contributed by atoms with E-state index in [1.807, 2.05) is 26.0 Å². The summed E-state index contributed by atoms with van der Waals surface area (Å²) in [6.45, 7) is 8.75. The van der Waals surface area contributed by atoms with E-state index in [4.69, 9.17) is 0 Å². The van der Waals surface area contributed by atoms with Gasteiger partial charge in [-0.05, 0) is 26.6 Å². The molecule has 0 unspecified atom stereocenters. The van der Waals surface area contributed by atoms with Gasteiger partial charge in [-0.15, -0.1) is 0 Å². The maximum absolute atomic E-state index is 2.19. The molecule has 1 nitrogen and oxygen atoms in total. The summed E-state index contributed by atoms with van der Waals surface area (Å²) >= 11 is 0. The van der Waals surface area contributed by atoms with Crippen molar-refractivity contribution in [2.45, 2.75) is 50.0 Å². The molecule has 1 heteroatoms. The monoisotopic (exact) mass is 179 g/mol. The van der Waals surface area contributed by atoms with Crippen LogP contribution < -0.4 is 0 Å². The lowest BCUT2D eigenvalue weighted by atomic mass is 10.0. The Bertz CT molecular complexity index is 41.8. The van der Waals surface area contributed by atoms with Crippen LogP contribution in [0.15, 0.2) is 0 Å². The van der Waals surface area contributed by atoms with Crippen molar-refractivity contribution in [1.29, 1.82) is 0 Å². The molecule has 0 aliphatic heterocycles. The molecule has 0 spiro atoms. The average molecular weight is 179 g/mol. The fourth-order valence-corrected chi connectivity index (χ4v) is 0. The van der Waals surface area contributed by atoms with Gasteiger partial charge in [0.1, 0.15) is 0 Å². The molecule has 0 fully saturated rings. The molecule has 0 bridgehead atoms. The second kappa shape index (κ2) is 13.5. The van der Waals surface area contributed by atoms with E-state index in [0.717, 1.165) is 0 Å². The molecule has 0 saturated carbocycles. The fourth-order valence-electron chi connectivity index (χ4n) is 0. The smallest absolute Gasteiger partial charge is 0.0140 e. The normalized spacial score (nSPS) is 8.00. The van der Waals surface area contributed by atoms with Crippen LogP contribution >= 0.6 is 0 Å². The third-order valence-corrected chi connectivity index (χ3v) is 0. The summed E-state index contributed by atoms with van der Waals surface area (Å²) in [5, 5.41) is 0. The Morgan fingerprint density at radius 3 is 0.667 bits per heavy atom. The molecule has 0 N–H and O–H groups in total. The van der Waals surface area contributed by atoms with Crippen molar-refractivity contribution in [3.63, 3.8) is 0 Å². The molecular formula is C11H33N. The molecule has 82 valence electrons. The van der Waals surface area contributed by atoms with Crippen LogP contribution in [-0.2, 0) is 0 Å². The van der Waals surface area contributed by atoms with E-state index in [1.54, 1.807) is 0 Å². The molecule has 0 aromatic heterocycles. The molecule has 0 saturated heterocycles. The summed E-state index contributed by atoms with van der Waals surface area (Å²) in [7, 11) is 6.00. The van der Waals surface area contributed by atoms with Gasteiger partial charge in [-0.1, -0.05) is 50.0 Å². The lowest BCUT2D eigenvalue weighted by Crippen LogP contribution is -1.99. The SMILES string of the molecule is C.C.C.CC(C)(C)C.CN(C)C. The summed E-state index contributed by atoms with van der Waals surface area (Å²) < 4.78 is 0. The van der Waals surface area contributed by atoms with E-state index in [9.17, 15) is 0 Å². The number of hydrogen-bond donors (Lipinski definition) is 0.